The second kappa shape index (κ2) is 9.71. The molecule has 0 atom stereocenters. The molecule has 2 amide bonds. The first-order valence-electron chi connectivity index (χ1n) is 9.52. The van der Waals surface area contributed by atoms with Crippen LogP contribution in [-0.4, -0.2) is 41.9 Å². The van der Waals surface area contributed by atoms with Gasteiger partial charge >= 0.3 is 0 Å². The molecule has 0 bridgehead atoms. The topological polar surface area (TPSA) is 97.3 Å². The van der Waals surface area contributed by atoms with Gasteiger partial charge in [0.2, 0.25) is 11.8 Å². The first-order valence-corrected chi connectivity index (χ1v) is 9.52. The van der Waals surface area contributed by atoms with Gasteiger partial charge in [0, 0.05) is 18.5 Å². The molecule has 8 nitrogen and oxygen atoms in total. The van der Waals surface area contributed by atoms with Crippen molar-refractivity contribution in [3.8, 4) is 5.69 Å². The number of ether oxygens (including phenoxy) is 1. The van der Waals surface area contributed by atoms with Crippen molar-refractivity contribution in [1.82, 2.24) is 9.78 Å². The number of para-hydroxylation sites is 1. The summed E-state index contributed by atoms with van der Waals surface area (Å²) in [5.41, 5.74) is 4.57. The van der Waals surface area contributed by atoms with Gasteiger partial charge in [-0.15, -0.1) is 0 Å². The Labute approximate surface area is 175 Å². The zero-order valence-electron chi connectivity index (χ0n) is 17.2. The summed E-state index contributed by atoms with van der Waals surface area (Å²) < 4.78 is 6.61. The molecular formula is C22H25N5O3. The maximum Gasteiger partial charge on any atom is 0.250 e. The lowest BCUT2D eigenvalue weighted by molar-refractivity contribution is -0.119. The molecule has 0 aliphatic rings. The fourth-order valence-electron chi connectivity index (χ4n) is 3.05. The van der Waals surface area contributed by atoms with E-state index in [0.29, 0.717) is 17.1 Å². The van der Waals surface area contributed by atoms with Crippen molar-refractivity contribution in [2.75, 3.05) is 36.2 Å². The number of anilines is 3. The van der Waals surface area contributed by atoms with Crippen molar-refractivity contribution >= 4 is 28.9 Å². The number of rotatable bonds is 8. The molecule has 3 rings (SSSR count). The SMILES string of the molecule is COCC(=O)Nc1cccc(NCC(=O)Nc2c(C)nn(-c3ccccc3)c2C)c1. The molecule has 30 heavy (non-hydrogen) atoms. The molecular weight excluding hydrogens is 382 g/mol. The van der Waals surface area contributed by atoms with Crippen LogP contribution in [0.3, 0.4) is 0 Å². The monoisotopic (exact) mass is 407 g/mol. The number of methoxy groups -OCH3 is 1. The van der Waals surface area contributed by atoms with Crippen LogP contribution in [0.1, 0.15) is 11.4 Å². The third-order valence-electron chi connectivity index (χ3n) is 4.43. The molecule has 0 spiro atoms. The maximum absolute atomic E-state index is 12.5. The summed E-state index contributed by atoms with van der Waals surface area (Å²) in [5, 5.41) is 13.3. The van der Waals surface area contributed by atoms with Crippen LogP contribution in [0, 0.1) is 13.8 Å². The van der Waals surface area contributed by atoms with Crippen LogP contribution in [0.5, 0.6) is 0 Å². The Morgan fingerprint density at radius 3 is 2.43 bits per heavy atom. The summed E-state index contributed by atoms with van der Waals surface area (Å²) in [6.07, 6.45) is 0. The lowest BCUT2D eigenvalue weighted by Crippen LogP contribution is -2.22. The number of nitrogens with one attached hydrogen (secondary N) is 3. The van der Waals surface area contributed by atoms with Gasteiger partial charge in [0.25, 0.3) is 0 Å². The first-order chi connectivity index (χ1) is 14.5. The minimum absolute atomic E-state index is 0.0184. The van der Waals surface area contributed by atoms with Gasteiger partial charge in [-0.1, -0.05) is 24.3 Å². The van der Waals surface area contributed by atoms with Crippen LogP contribution in [0.25, 0.3) is 5.69 Å². The van der Waals surface area contributed by atoms with E-state index in [1.807, 2.05) is 54.9 Å². The molecule has 0 aliphatic carbocycles. The van der Waals surface area contributed by atoms with E-state index in [2.05, 4.69) is 21.0 Å². The summed E-state index contributed by atoms with van der Waals surface area (Å²) in [6, 6.07) is 16.9. The Morgan fingerprint density at radius 1 is 0.967 bits per heavy atom. The van der Waals surface area contributed by atoms with Crippen LogP contribution in [0.2, 0.25) is 0 Å². The smallest absolute Gasteiger partial charge is 0.250 e. The van der Waals surface area contributed by atoms with Crippen molar-refractivity contribution in [2.24, 2.45) is 0 Å². The van der Waals surface area contributed by atoms with Crippen LogP contribution in [0.4, 0.5) is 17.1 Å². The molecule has 156 valence electrons. The third-order valence-corrected chi connectivity index (χ3v) is 4.43. The average molecular weight is 407 g/mol. The molecule has 0 radical (unpaired) electrons. The van der Waals surface area contributed by atoms with Gasteiger partial charge in [-0.3, -0.25) is 9.59 Å². The molecule has 0 saturated heterocycles. The number of nitrogens with zero attached hydrogens (tertiary/aromatic N) is 2. The Balaban J connectivity index is 1.62. The Kier molecular flexibility index (Phi) is 6.82. The van der Waals surface area contributed by atoms with E-state index in [-0.39, 0.29) is 25.0 Å². The summed E-state index contributed by atoms with van der Waals surface area (Å²) in [4.78, 5) is 24.1. The minimum Gasteiger partial charge on any atom is -0.376 e. The lowest BCUT2D eigenvalue weighted by atomic mass is 10.2. The van der Waals surface area contributed by atoms with Crippen molar-refractivity contribution < 1.29 is 14.3 Å². The predicted octanol–water partition coefficient (Wildman–Crippen LogP) is 3.12. The predicted molar refractivity (Wildman–Crippen MR) is 117 cm³/mol. The zero-order valence-corrected chi connectivity index (χ0v) is 17.2. The summed E-state index contributed by atoms with van der Waals surface area (Å²) >= 11 is 0. The minimum atomic E-state index is -0.242. The number of benzene rings is 2. The largest absolute Gasteiger partial charge is 0.376 e. The number of aromatic nitrogens is 2. The Bertz CT molecular complexity index is 1030. The van der Waals surface area contributed by atoms with E-state index >= 15 is 0 Å². The van der Waals surface area contributed by atoms with Gasteiger partial charge in [0.1, 0.15) is 6.61 Å². The molecule has 2 aromatic carbocycles. The summed E-state index contributed by atoms with van der Waals surface area (Å²) in [7, 11) is 1.46. The zero-order chi connectivity index (χ0) is 21.5. The van der Waals surface area contributed by atoms with E-state index in [4.69, 9.17) is 4.74 Å². The second-order valence-electron chi connectivity index (χ2n) is 6.76. The van der Waals surface area contributed by atoms with E-state index in [1.54, 1.807) is 18.2 Å². The van der Waals surface area contributed by atoms with Crippen LogP contribution < -0.4 is 16.0 Å². The van der Waals surface area contributed by atoms with E-state index < -0.39 is 0 Å². The van der Waals surface area contributed by atoms with Gasteiger partial charge < -0.3 is 20.7 Å². The number of amides is 2. The molecule has 0 fully saturated rings. The highest BCUT2D eigenvalue weighted by Crippen LogP contribution is 2.22. The second-order valence-corrected chi connectivity index (χ2v) is 6.76. The van der Waals surface area contributed by atoms with Gasteiger partial charge in [-0.05, 0) is 44.2 Å². The molecule has 1 aromatic heterocycles. The lowest BCUT2D eigenvalue weighted by Gasteiger charge is -2.10. The van der Waals surface area contributed by atoms with Crippen LogP contribution in [0.15, 0.2) is 54.6 Å². The van der Waals surface area contributed by atoms with Crippen molar-refractivity contribution in [3.63, 3.8) is 0 Å². The number of aryl methyl sites for hydroxylation is 1. The highest BCUT2D eigenvalue weighted by atomic mass is 16.5. The highest BCUT2D eigenvalue weighted by Gasteiger charge is 2.15. The highest BCUT2D eigenvalue weighted by molar-refractivity contribution is 5.95. The number of hydrogen-bond acceptors (Lipinski definition) is 5. The van der Waals surface area contributed by atoms with Crippen molar-refractivity contribution in [2.45, 2.75) is 13.8 Å². The number of hydrogen-bond donors (Lipinski definition) is 3. The fraction of sp³-hybridized carbons (Fsp3) is 0.227. The Hall–Kier alpha value is -3.65. The van der Waals surface area contributed by atoms with Crippen molar-refractivity contribution in [3.05, 3.63) is 66.0 Å². The average Bonchev–Trinajstić information content (AvgIpc) is 3.01. The standard InChI is InChI=1S/C22H25N5O3/c1-15-22(16(2)27(26-15)19-10-5-4-6-11-19)25-20(28)13-23-17-8-7-9-18(12-17)24-21(29)14-30-3/h4-12,23H,13-14H2,1-3H3,(H,24,29)(H,25,28). The summed E-state index contributed by atoms with van der Waals surface area (Å²) in [6.45, 7) is 3.84. The van der Waals surface area contributed by atoms with Gasteiger partial charge in [0.15, 0.2) is 0 Å². The molecule has 3 aromatic rings. The van der Waals surface area contributed by atoms with Crippen LogP contribution in [-0.2, 0) is 14.3 Å². The molecule has 0 aliphatic heterocycles. The van der Waals surface area contributed by atoms with Crippen LogP contribution >= 0.6 is 0 Å². The molecule has 8 heteroatoms. The number of carbonyl (C=O) groups excluding carboxylic acids is 2. The quantitative estimate of drug-likeness (QED) is 0.533. The van der Waals surface area contributed by atoms with Gasteiger partial charge in [0.05, 0.1) is 29.3 Å². The third kappa shape index (κ3) is 5.24. The fourth-order valence-corrected chi connectivity index (χ4v) is 3.05. The first kappa shape index (κ1) is 21.1. The normalized spacial score (nSPS) is 10.5. The number of carbonyl (C=O) groups is 2. The molecule has 1 heterocycles. The summed E-state index contributed by atoms with van der Waals surface area (Å²) in [5.74, 6) is -0.434. The van der Waals surface area contributed by atoms with Crippen molar-refractivity contribution in [1.29, 1.82) is 0 Å². The van der Waals surface area contributed by atoms with E-state index in [0.717, 1.165) is 17.1 Å². The Morgan fingerprint density at radius 2 is 1.70 bits per heavy atom. The van der Waals surface area contributed by atoms with E-state index in [9.17, 15) is 9.59 Å². The van der Waals surface area contributed by atoms with Gasteiger partial charge in [-0.25, -0.2) is 4.68 Å². The molecule has 3 N–H and O–H groups in total. The molecule has 0 saturated carbocycles. The van der Waals surface area contributed by atoms with Gasteiger partial charge in [-0.2, -0.15) is 5.10 Å². The molecule has 0 unspecified atom stereocenters. The maximum atomic E-state index is 12.5. The van der Waals surface area contributed by atoms with E-state index in [1.165, 1.54) is 7.11 Å².